The standard InChI is InChI=1S/C24H37N3O4S/c1-16-12-17(2)15-27(14-16)32(29,30)20-4-5-22-21(13-20)18(3)23(26-22)24(28)25-9-6-19-7-10-31-11-8-19/h4-5,13,16-19,23,26H,6-12,14-15H2,1-3H3,(H,25,28). The van der Waals surface area contributed by atoms with E-state index in [4.69, 9.17) is 4.74 Å². The lowest BCUT2D eigenvalue weighted by atomic mass is 9.94. The highest BCUT2D eigenvalue weighted by Gasteiger charge is 2.37. The van der Waals surface area contributed by atoms with Crippen molar-refractivity contribution in [1.29, 1.82) is 0 Å². The number of benzene rings is 1. The predicted molar refractivity (Wildman–Crippen MR) is 125 cm³/mol. The van der Waals surface area contributed by atoms with E-state index in [1.54, 1.807) is 16.4 Å². The van der Waals surface area contributed by atoms with E-state index in [0.717, 1.165) is 50.1 Å². The van der Waals surface area contributed by atoms with Gasteiger partial charge in [0.25, 0.3) is 0 Å². The van der Waals surface area contributed by atoms with Crippen LogP contribution in [0.3, 0.4) is 0 Å². The zero-order chi connectivity index (χ0) is 22.9. The fourth-order valence-electron chi connectivity index (χ4n) is 5.47. The Bertz CT molecular complexity index is 919. The van der Waals surface area contributed by atoms with Gasteiger partial charge in [-0.2, -0.15) is 4.31 Å². The van der Waals surface area contributed by atoms with E-state index in [1.165, 1.54) is 0 Å². The molecule has 32 heavy (non-hydrogen) atoms. The molecule has 1 aromatic rings. The molecule has 8 heteroatoms. The topological polar surface area (TPSA) is 87.7 Å². The van der Waals surface area contributed by atoms with Crippen LogP contribution in [-0.2, 0) is 19.6 Å². The van der Waals surface area contributed by atoms with Crippen molar-refractivity contribution in [1.82, 2.24) is 9.62 Å². The Morgan fingerprint density at radius 2 is 1.84 bits per heavy atom. The summed E-state index contributed by atoms with van der Waals surface area (Å²) in [7, 11) is -3.54. The van der Waals surface area contributed by atoms with Crippen LogP contribution in [0.5, 0.6) is 0 Å². The van der Waals surface area contributed by atoms with E-state index in [-0.39, 0.29) is 17.9 Å². The Morgan fingerprint density at radius 3 is 2.53 bits per heavy atom. The zero-order valence-electron chi connectivity index (χ0n) is 19.5. The van der Waals surface area contributed by atoms with Gasteiger partial charge in [0.05, 0.1) is 4.90 Å². The molecule has 2 N–H and O–H groups in total. The third-order valence-corrected chi connectivity index (χ3v) is 9.10. The molecular formula is C24H37N3O4S. The van der Waals surface area contributed by atoms with E-state index >= 15 is 0 Å². The zero-order valence-corrected chi connectivity index (χ0v) is 20.3. The Labute approximate surface area is 192 Å². The summed E-state index contributed by atoms with van der Waals surface area (Å²) in [5.41, 5.74) is 1.75. The molecule has 1 aromatic carbocycles. The number of nitrogens with one attached hydrogen (secondary N) is 2. The van der Waals surface area contributed by atoms with Crippen LogP contribution in [0.1, 0.15) is 57.9 Å². The Hall–Kier alpha value is -1.64. The van der Waals surface area contributed by atoms with Crippen molar-refractivity contribution in [2.24, 2.45) is 17.8 Å². The minimum Gasteiger partial charge on any atom is -0.381 e. The maximum absolute atomic E-state index is 13.3. The van der Waals surface area contributed by atoms with E-state index in [0.29, 0.717) is 42.3 Å². The molecule has 0 aliphatic carbocycles. The monoisotopic (exact) mass is 463 g/mol. The van der Waals surface area contributed by atoms with E-state index in [9.17, 15) is 13.2 Å². The van der Waals surface area contributed by atoms with Gasteiger partial charge in [0.1, 0.15) is 6.04 Å². The SMILES string of the molecule is CC1CC(C)CN(S(=O)(=O)c2ccc3c(c2)C(C)C(C(=O)NCCC2CCOCC2)N3)C1. The minimum atomic E-state index is -3.54. The molecule has 4 rings (SSSR count). The van der Waals surface area contributed by atoms with Crippen molar-refractivity contribution < 1.29 is 17.9 Å². The number of carbonyl (C=O) groups is 1. The molecule has 3 heterocycles. The first kappa shape index (κ1) is 23.5. The Kier molecular flexibility index (Phi) is 7.12. The lowest BCUT2D eigenvalue weighted by Gasteiger charge is -2.34. The third kappa shape index (κ3) is 4.97. The average Bonchev–Trinajstić information content (AvgIpc) is 3.10. The minimum absolute atomic E-state index is 0.0242. The molecule has 2 saturated heterocycles. The van der Waals surface area contributed by atoms with Gasteiger partial charge in [0, 0.05) is 44.5 Å². The number of carbonyl (C=O) groups excluding carboxylic acids is 1. The quantitative estimate of drug-likeness (QED) is 0.677. The fourth-order valence-corrected chi connectivity index (χ4v) is 7.19. The normalized spacial score (nSPS) is 29.3. The van der Waals surface area contributed by atoms with E-state index in [1.807, 2.05) is 13.0 Å². The summed E-state index contributed by atoms with van der Waals surface area (Å²) in [6.07, 6.45) is 4.15. The molecular weight excluding hydrogens is 426 g/mol. The van der Waals surface area contributed by atoms with Gasteiger partial charge in [-0.25, -0.2) is 8.42 Å². The molecule has 0 radical (unpaired) electrons. The summed E-state index contributed by atoms with van der Waals surface area (Å²) in [6.45, 7) is 9.63. The van der Waals surface area contributed by atoms with Gasteiger partial charge in [-0.05, 0) is 67.2 Å². The number of hydrogen-bond donors (Lipinski definition) is 2. The molecule has 0 aromatic heterocycles. The summed E-state index contributed by atoms with van der Waals surface area (Å²) in [5, 5.41) is 6.38. The summed E-state index contributed by atoms with van der Waals surface area (Å²) >= 11 is 0. The van der Waals surface area contributed by atoms with Crippen molar-refractivity contribution >= 4 is 21.6 Å². The fraction of sp³-hybridized carbons (Fsp3) is 0.708. The summed E-state index contributed by atoms with van der Waals surface area (Å²) in [5.74, 6) is 1.21. The summed E-state index contributed by atoms with van der Waals surface area (Å²) < 4.78 is 33.6. The van der Waals surface area contributed by atoms with Gasteiger partial charge in [0.15, 0.2) is 0 Å². The van der Waals surface area contributed by atoms with Crippen molar-refractivity contribution in [3.8, 4) is 0 Å². The number of hydrogen-bond acceptors (Lipinski definition) is 5. The van der Waals surface area contributed by atoms with Crippen LogP contribution in [0.15, 0.2) is 23.1 Å². The molecule has 4 atom stereocenters. The lowest BCUT2D eigenvalue weighted by Crippen LogP contribution is -2.42. The van der Waals surface area contributed by atoms with Crippen molar-refractivity contribution in [3.63, 3.8) is 0 Å². The lowest BCUT2D eigenvalue weighted by molar-refractivity contribution is -0.122. The highest BCUT2D eigenvalue weighted by atomic mass is 32.2. The van der Waals surface area contributed by atoms with Crippen LogP contribution in [0.4, 0.5) is 5.69 Å². The molecule has 0 saturated carbocycles. The first-order valence-electron chi connectivity index (χ1n) is 12.0. The molecule has 4 unspecified atom stereocenters. The third-order valence-electron chi connectivity index (χ3n) is 7.27. The highest BCUT2D eigenvalue weighted by Crippen LogP contribution is 2.38. The molecule has 3 aliphatic heterocycles. The number of fused-ring (bicyclic) bond motifs is 1. The first-order valence-corrected chi connectivity index (χ1v) is 13.5. The second-order valence-corrected chi connectivity index (χ2v) is 12.0. The van der Waals surface area contributed by atoms with Crippen molar-refractivity contribution in [3.05, 3.63) is 23.8 Å². The van der Waals surface area contributed by atoms with Gasteiger partial charge in [-0.3, -0.25) is 4.79 Å². The maximum Gasteiger partial charge on any atom is 0.243 e. The molecule has 178 valence electrons. The van der Waals surface area contributed by atoms with Crippen LogP contribution in [-0.4, -0.2) is 57.5 Å². The number of sulfonamides is 1. The van der Waals surface area contributed by atoms with E-state index in [2.05, 4.69) is 24.5 Å². The van der Waals surface area contributed by atoms with Crippen molar-refractivity contribution in [2.45, 2.75) is 63.3 Å². The van der Waals surface area contributed by atoms with Gasteiger partial charge in [-0.15, -0.1) is 0 Å². The summed E-state index contributed by atoms with van der Waals surface area (Å²) in [6, 6.07) is 4.86. The number of amides is 1. The van der Waals surface area contributed by atoms with E-state index < -0.39 is 10.0 Å². The molecule has 0 spiro atoms. The smallest absolute Gasteiger partial charge is 0.243 e. The van der Waals surface area contributed by atoms with Gasteiger partial charge < -0.3 is 15.4 Å². The van der Waals surface area contributed by atoms with Crippen LogP contribution in [0, 0.1) is 17.8 Å². The van der Waals surface area contributed by atoms with Crippen LogP contribution in [0.2, 0.25) is 0 Å². The van der Waals surface area contributed by atoms with Gasteiger partial charge in [0.2, 0.25) is 15.9 Å². The van der Waals surface area contributed by atoms with Crippen LogP contribution >= 0.6 is 0 Å². The highest BCUT2D eigenvalue weighted by molar-refractivity contribution is 7.89. The van der Waals surface area contributed by atoms with Gasteiger partial charge >= 0.3 is 0 Å². The van der Waals surface area contributed by atoms with Crippen LogP contribution in [0.25, 0.3) is 0 Å². The summed E-state index contributed by atoms with van der Waals surface area (Å²) in [4.78, 5) is 13.2. The number of nitrogens with zero attached hydrogens (tertiary/aromatic N) is 1. The molecule has 3 aliphatic rings. The molecule has 1 amide bonds. The number of rotatable bonds is 6. The largest absolute Gasteiger partial charge is 0.381 e. The number of anilines is 1. The van der Waals surface area contributed by atoms with Crippen molar-refractivity contribution in [2.75, 3.05) is 38.2 Å². The predicted octanol–water partition coefficient (Wildman–Crippen LogP) is 3.18. The van der Waals surface area contributed by atoms with Crippen LogP contribution < -0.4 is 10.6 Å². The maximum atomic E-state index is 13.3. The molecule has 2 fully saturated rings. The van der Waals surface area contributed by atoms with Gasteiger partial charge in [-0.1, -0.05) is 20.8 Å². The number of piperidine rings is 1. The Morgan fingerprint density at radius 1 is 1.16 bits per heavy atom. The first-order chi connectivity index (χ1) is 15.3. The molecule has 7 nitrogen and oxygen atoms in total. The molecule has 0 bridgehead atoms. The second kappa shape index (κ2) is 9.69. The second-order valence-electron chi connectivity index (χ2n) is 10.1. The Balaban J connectivity index is 1.40. The number of ether oxygens (including phenoxy) is 1. The average molecular weight is 464 g/mol.